The predicted molar refractivity (Wildman–Crippen MR) is 88.8 cm³/mol. The quantitative estimate of drug-likeness (QED) is 0.490. The van der Waals surface area contributed by atoms with Crippen molar-refractivity contribution in [2.24, 2.45) is 14.1 Å². The number of nitrogens with zero attached hydrogens (tertiary/aromatic N) is 4. The second kappa shape index (κ2) is 6.27. The third-order valence-electron chi connectivity index (χ3n) is 3.81. The van der Waals surface area contributed by atoms with Crippen molar-refractivity contribution in [1.82, 2.24) is 18.7 Å². The molecule has 1 aromatic carbocycles. The van der Waals surface area contributed by atoms with Crippen LogP contribution in [0, 0.1) is 0 Å². The molecule has 25 heavy (non-hydrogen) atoms. The van der Waals surface area contributed by atoms with Crippen molar-refractivity contribution in [3.05, 3.63) is 51.4 Å². The van der Waals surface area contributed by atoms with Crippen molar-refractivity contribution in [3.63, 3.8) is 0 Å². The number of imidazole rings is 1. The monoisotopic (exact) mass is 344 g/mol. The van der Waals surface area contributed by atoms with E-state index in [-0.39, 0.29) is 17.7 Å². The zero-order valence-electron chi connectivity index (χ0n) is 13.9. The maximum atomic E-state index is 12.3. The maximum Gasteiger partial charge on any atom is 0.332 e. The van der Waals surface area contributed by atoms with Gasteiger partial charge >= 0.3 is 11.7 Å². The Morgan fingerprint density at radius 3 is 2.36 bits per heavy atom. The molecule has 0 radical (unpaired) electrons. The molecule has 0 saturated carbocycles. The molecule has 3 rings (SSSR count). The lowest BCUT2D eigenvalue weighted by molar-refractivity contribution is -0.135. The summed E-state index contributed by atoms with van der Waals surface area (Å²) in [6, 6.07) is 6.54. The molecule has 3 aromatic rings. The number of hydrogen-bond acceptors (Lipinski definition) is 6. The van der Waals surface area contributed by atoms with Gasteiger partial charge in [0.2, 0.25) is 0 Å². The van der Waals surface area contributed by atoms with Gasteiger partial charge in [-0.25, -0.2) is 14.6 Å². The first kappa shape index (κ1) is 16.5. The molecule has 2 heterocycles. The SMILES string of the molecule is COc1ccc(OC(=O)Cn2cnc3c2c(=O)n(C)c(=O)n3C)cc1. The van der Waals surface area contributed by atoms with Gasteiger partial charge < -0.3 is 14.0 Å². The number of ether oxygens (including phenoxy) is 2. The van der Waals surface area contributed by atoms with E-state index in [0.717, 1.165) is 4.57 Å². The molecule has 130 valence electrons. The van der Waals surface area contributed by atoms with Crippen molar-refractivity contribution >= 4 is 17.1 Å². The molecule has 2 aromatic heterocycles. The van der Waals surface area contributed by atoms with Gasteiger partial charge in [-0.2, -0.15) is 0 Å². The summed E-state index contributed by atoms with van der Waals surface area (Å²) in [6.45, 7) is -0.212. The molecular formula is C16H16N4O5. The standard InChI is InChI=1S/C16H16N4O5/c1-18-14-13(15(22)19(2)16(18)23)20(9-17-14)8-12(21)25-11-6-4-10(24-3)5-7-11/h4-7,9H,8H2,1-3H3. The molecule has 0 aliphatic heterocycles. The van der Waals surface area contributed by atoms with Crippen molar-refractivity contribution in [1.29, 1.82) is 0 Å². The highest BCUT2D eigenvalue weighted by atomic mass is 16.5. The number of aryl methyl sites for hydroxylation is 1. The number of benzene rings is 1. The fourth-order valence-electron chi connectivity index (χ4n) is 2.46. The van der Waals surface area contributed by atoms with Gasteiger partial charge in [-0.15, -0.1) is 0 Å². The van der Waals surface area contributed by atoms with E-state index in [0.29, 0.717) is 11.5 Å². The molecule has 0 aliphatic rings. The Labute approximate surface area is 141 Å². The Bertz CT molecular complexity index is 1060. The van der Waals surface area contributed by atoms with Gasteiger partial charge in [0.05, 0.1) is 13.4 Å². The lowest BCUT2D eigenvalue weighted by Gasteiger charge is -2.07. The van der Waals surface area contributed by atoms with Crippen LogP contribution in [0.4, 0.5) is 0 Å². The molecule has 0 amide bonds. The van der Waals surface area contributed by atoms with Crippen molar-refractivity contribution in [3.8, 4) is 11.5 Å². The number of carbonyl (C=O) groups excluding carboxylic acids is 1. The molecule has 9 heteroatoms. The molecule has 0 aliphatic carbocycles. The van der Waals surface area contributed by atoms with Gasteiger partial charge in [-0.3, -0.25) is 13.9 Å². The number of carbonyl (C=O) groups is 1. The second-order valence-corrected chi connectivity index (χ2v) is 5.40. The van der Waals surface area contributed by atoms with Gasteiger partial charge in [0.15, 0.2) is 11.2 Å². The maximum absolute atomic E-state index is 12.3. The van der Waals surface area contributed by atoms with Crippen LogP contribution in [-0.4, -0.2) is 31.8 Å². The Kier molecular flexibility index (Phi) is 4.14. The second-order valence-electron chi connectivity index (χ2n) is 5.40. The Morgan fingerprint density at radius 1 is 1.08 bits per heavy atom. The summed E-state index contributed by atoms with van der Waals surface area (Å²) in [6.07, 6.45) is 1.33. The lowest BCUT2D eigenvalue weighted by Crippen LogP contribution is -2.37. The minimum atomic E-state index is -0.569. The molecular weight excluding hydrogens is 328 g/mol. The third kappa shape index (κ3) is 2.91. The minimum Gasteiger partial charge on any atom is -0.497 e. The summed E-state index contributed by atoms with van der Waals surface area (Å²) >= 11 is 0. The van der Waals surface area contributed by atoms with Crippen molar-refractivity contribution < 1.29 is 14.3 Å². The first-order valence-corrected chi connectivity index (χ1v) is 7.38. The molecule has 0 atom stereocenters. The Hall–Kier alpha value is -3.36. The summed E-state index contributed by atoms with van der Waals surface area (Å²) in [5.74, 6) is 0.431. The molecule has 0 spiro atoms. The van der Waals surface area contributed by atoms with Crippen LogP contribution in [0.5, 0.6) is 11.5 Å². The number of aromatic nitrogens is 4. The number of methoxy groups -OCH3 is 1. The minimum absolute atomic E-state index is 0.163. The van der Waals surface area contributed by atoms with E-state index < -0.39 is 17.2 Å². The number of rotatable bonds is 4. The van der Waals surface area contributed by atoms with Crippen molar-refractivity contribution in [2.45, 2.75) is 6.54 Å². The smallest absolute Gasteiger partial charge is 0.332 e. The zero-order valence-corrected chi connectivity index (χ0v) is 13.9. The van der Waals surface area contributed by atoms with Crippen LogP contribution < -0.4 is 20.7 Å². The topological polar surface area (TPSA) is 97.3 Å². The van der Waals surface area contributed by atoms with E-state index in [4.69, 9.17) is 9.47 Å². The van der Waals surface area contributed by atoms with Crippen LogP contribution in [0.15, 0.2) is 40.2 Å². The van der Waals surface area contributed by atoms with Crippen LogP contribution in [-0.2, 0) is 25.4 Å². The molecule has 0 fully saturated rings. The molecule has 0 saturated heterocycles. The highest BCUT2D eigenvalue weighted by Crippen LogP contribution is 2.17. The van der Waals surface area contributed by atoms with E-state index in [1.807, 2.05) is 0 Å². The summed E-state index contributed by atoms with van der Waals surface area (Å²) in [5, 5.41) is 0. The summed E-state index contributed by atoms with van der Waals surface area (Å²) < 4.78 is 13.9. The normalized spacial score (nSPS) is 10.8. The van der Waals surface area contributed by atoms with E-state index in [9.17, 15) is 14.4 Å². The van der Waals surface area contributed by atoms with E-state index >= 15 is 0 Å². The number of fused-ring (bicyclic) bond motifs is 1. The number of esters is 1. The van der Waals surface area contributed by atoms with Crippen molar-refractivity contribution in [2.75, 3.05) is 7.11 Å². The van der Waals surface area contributed by atoms with Crippen LogP contribution in [0.1, 0.15) is 0 Å². The average molecular weight is 344 g/mol. The first-order valence-electron chi connectivity index (χ1n) is 7.38. The summed E-state index contributed by atoms with van der Waals surface area (Å²) in [5.41, 5.74) is -0.627. The molecule has 0 unspecified atom stereocenters. The molecule has 0 bridgehead atoms. The first-order chi connectivity index (χ1) is 11.9. The third-order valence-corrected chi connectivity index (χ3v) is 3.81. The van der Waals surface area contributed by atoms with Gasteiger partial charge in [0.25, 0.3) is 5.56 Å². The Morgan fingerprint density at radius 2 is 1.72 bits per heavy atom. The average Bonchev–Trinajstić information content (AvgIpc) is 3.02. The highest BCUT2D eigenvalue weighted by Gasteiger charge is 2.16. The molecule has 9 nitrogen and oxygen atoms in total. The lowest BCUT2D eigenvalue weighted by atomic mass is 10.3. The van der Waals surface area contributed by atoms with Gasteiger partial charge in [-0.05, 0) is 24.3 Å². The van der Waals surface area contributed by atoms with Gasteiger partial charge in [-0.1, -0.05) is 0 Å². The van der Waals surface area contributed by atoms with Gasteiger partial charge in [0, 0.05) is 14.1 Å². The largest absolute Gasteiger partial charge is 0.497 e. The number of hydrogen-bond donors (Lipinski definition) is 0. The fraction of sp³-hybridized carbons (Fsp3) is 0.250. The van der Waals surface area contributed by atoms with E-state index in [2.05, 4.69) is 4.98 Å². The molecule has 0 N–H and O–H groups in total. The fourth-order valence-corrected chi connectivity index (χ4v) is 2.46. The van der Waals surface area contributed by atoms with E-state index in [1.165, 1.54) is 29.6 Å². The summed E-state index contributed by atoms with van der Waals surface area (Å²) in [7, 11) is 4.42. The Balaban J connectivity index is 1.89. The predicted octanol–water partition coefficient (Wildman–Crippen LogP) is 0.0479. The van der Waals surface area contributed by atoms with Gasteiger partial charge in [0.1, 0.15) is 18.0 Å². The van der Waals surface area contributed by atoms with Crippen LogP contribution in [0.2, 0.25) is 0 Å². The van der Waals surface area contributed by atoms with E-state index in [1.54, 1.807) is 31.4 Å². The zero-order chi connectivity index (χ0) is 18.1. The van der Waals surface area contributed by atoms with Crippen LogP contribution in [0.3, 0.4) is 0 Å². The summed E-state index contributed by atoms with van der Waals surface area (Å²) in [4.78, 5) is 40.4. The van der Waals surface area contributed by atoms with Crippen LogP contribution in [0.25, 0.3) is 11.2 Å². The highest BCUT2D eigenvalue weighted by molar-refractivity contribution is 5.76. The van der Waals surface area contributed by atoms with Crippen LogP contribution >= 0.6 is 0 Å².